The van der Waals surface area contributed by atoms with Gasteiger partial charge in [-0.1, -0.05) is 32.9 Å². The summed E-state index contributed by atoms with van der Waals surface area (Å²) in [6.45, 7) is 12.2. The molecule has 0 aromatic carbocycles. The second kappa shape index (κ2) is 6.72. The van der Waals surface area contributed by atoms with Crippen LogP contribution in [0.1, 0.15) is 33.6 Å². The third-order valence-corrected chi connectivity index (χ3v) is 7.75. The SMILES string of the molecule is CC(C)(C)[Si](C)(C)OCCC=CCCCl. The summed E-state index contributed by atoms with van der Waals surface area (Å²) < 4.78 is 6.03. The van der Waals surface area contributed by atoms with E-state index in [-0.39, 0.29) is 0 Å². The Labute approximate surface area is 101 Å². The van der Waals surface area contributed by atoms with Crippen LogP contribution in [0.2, 0.25) is 18.1 Å². The maximum atomic E-state index is 6.03. The summed E-state index contributed by atoms with van der Waals surface area (Å²) in [5.41, 5.74) is 0. The molecule has 0 aromatic heterocycles. The lowest BCUT2D eigenvalue weighted by molar-refractivity contribution is 0.294. The lowest BCUT2D eigenvalue weighted by Crippen LogP contribution is -2.40. The molecule has 0 fully saturated rings. The molecule has 0 unspecified atom stereocenters. The Morgan fingerprint density at radius 3 is 2.13 bits per heavy atom. The van der Waals surface area contributed by atoms with Crippen LogP contribution in [0.15, 0.2) is 12.2 Å². The van der Waals surface area contributed by atoms with Crippen LogP contribution >= 0.6 is 11.6 Å². The molecular weight excluding hydrogens is 224 g/mol. The van der Waals surface area contributed by atoms with Crippen molar-refractivity contribution in [3.05, 3.63) is 12.2 Å². The van der Waals surface area contributed by atoms with Gasteiger partial charge in [-0.3, -0.25) is 0 Å². The van der Waals surface area contributed by atoms with E-state index in [4.69, 9.17) is 16.0 Å². The molecule has 0 aliphatic carbocycles. The molecule has 15 heavy (non-hydrogen) atoms. The molecule has 0 N–H and O–H groups in total. The van der Waals surface area contributed by atoms with Crippen molar-refractivity contribution in [2.45, 2.75) is 51.7 Å². The number of alkyl halides is 1. The van der Waals surface area contributed by atoms with Crippen LogP contribution < -0.4 is 0 Å². The van der Waals surface area contributed by atoms with Gasteiger partial charge in [-0.2, -0.15) is 0 Å². The summed E-state index contributed by atoms with van der Waals surface area (Å²) in [5.74, 6) is 0.708. The van der Waals surface area contributed by atoms with E-state index in [1.807, 2.05) is 0 Å². The Bertz CT molecular complexity index is 194. The van der Waals surface area contributed by atoms with Crippen molar-refractivity contribution >= 4 is 19.9 Å². The first-order valence-corrected chi connectivity index (χ1v) is 9.10. The van der Waals surface area contributed by atoms with E-state index < -0.39 is 8.32 Å². The first-order valence-electron chi connectivity index (χ1n) is 5.66. The summed E-state index contributed by atoms with van der Waals surface area (Å²) in [5, 5.41) is 0.312. The van der Waals surface area contributed by atoms with Crippen molar-refractivity contribution in [2.75, 3.05) is 12.5 Å². The molecule has 0 heterocycles. The van der Waals surface area contributed by atoms with Crippen LogP contribution in [0, 0.1) is 0 Å². The van der Waals surface area contributed by atoms with Crippen LogP contribution in [0.25, 0.3) is 0 Å². The summed E-state index contributed by atoms with van der Waals surface area (Å²) in [6, 6.07) is 0. The third-order valence-electron chi connectivity index (χ3n) is 3.00. The van der Waals surface area contributed by atoms with Gasteiger partial charge < -0.3 is 4.43 Å². The number of rotatable bonds is 6. The summed E-state index contributed by atoms with van der Waals surface area (Å²) >= 11 is 5.57. The van der Waals surface area contributed by atoms with Gasteiger partial charge in [-0.05, 0) is 31.0 Å². The van der Waals surface area contributed by atoms with Gasteiger partial charge in [0.05, 0.1) is 0 Å². The molecular formula is C12H25ClOSi. The van der Waals surface area contributed by atoms with Gasteiger partial charge in [0.2, 0.25) is 0 Å². The van der Waals surface area contributed by atoms with Crippen molar-refractivity contribution < 1.29 is 4.43 Å². The van der Waals surface area contributed by atoms with Crippen molar-refractivity contribution in [2.24, 2.45) is 0 Å². The summed E-state index contributed by atoms with van der Waals surface area (Å²) in [6.07, 6.45) is 6.25. The zero-order valence-electron chi connectivity index (χ0n) is 10.8. The monoisotopic (exact) mass is 248 g/mol. The van der Waals surface area contributed by atoms with E-state index in [2.05, 4.69) is 46.0 Å². The minimum absolute atomic E-state index is 0.312. The molecule has 3 heteroatoms. The molecule has 0 rings (SSSR count). The van der Waals surface area contributed by atoms with E-state index in [0.29, 0.717) is 10.9 Å². The fourth-order valence-electron chi connectivity index (χ4n) is 0.897. The summed E-state index contributed by atoms with van der Waals surface area (Å²) in [4.78, 5) is 0. The van der Waals surface area contributed by atoms with Crippen LogP contribution in [0.4, 0.5) is 0 Å². The van der Waals surface area contributed by atoms with E-state index in [0.717, 1.165) is 19.4 Å². The molecule has 0 aliphatic rings. The first kappa shape index (κ1) is 15.2. The molecule has 0 atom stereocenters. The van der Waals surface area contributed by atoms with Gasteiger partial charge in [0, 0.05) is 12.5 Å². The quantitative estimate of drug-likeness (QED) is 0.289. The Morgan fingerprint density at radius 1 is 1.13 bits per heavy atom. The normalized spacial score (nSPS) is 13.7. The fraction of sp³-hybridized carbons (Fsp3) is 0.833. The second-order valence-electron chi connectivity index (χ2n) is 5.35. The van der Waals surface area contributed by atoms with E-state index in [1.54, 1.807) is 0 Å². The molecule has 0 aromatic rings. The van der Waals surface area contributed by atoms with Gasteiger partial charge in [0.25, 0.3) is 0 Å². The number of hydrogen-bond donors (Lipinski definition) is 0. The van der Waals surface area contributed by atoms with Gasteiger partial charge in [-0.25, -0.2) is 0 Å². The molecule has 0 saturated heterocycles. The van der Waals surface area contributed by atoms with E-state index >= 15 is 0 Å². The third kappa shape index (κ3) is 6.39. The highest BCUT2D eigenvalue weighted by atomic mass is 35.5. The van der Waals surface area contributed by atoms with E-state index in [1.165, 1.54) is 0 Å². The van der Waals surface area contributed by atoms with Gasteiger partial charge in [0.1, 0.15) is 0 Å². The largest absolute Gasteiger partial charge is 0.417 e. The molecule has 0 saturated carbocycles. The minimum Gasteiger partial charge on any atom is -0.417 e. The predicted molar refractivity (Wildman–Crippen MR) is 72.2 cm³/mol. The van der Waals surface area contributed by atoms with Gasteiger partial charge >= 0.3 is 0 Å². The first-order chi connectivity index (χ1) is 6.81. The van der Waals surface area contributed by atoms with Crippen LogP contribution in [-0.4, -0.2) is 20.8 Å². The van der Waals surface area contributed by atoms with Gasteiger partial charge in [0.15, 0.2) is 8.32 Å². The second-order valence-corrected chi connectivity index (χ2v) is 10.5. The highest BCUT2D eigenvalue weighted by Crippen LogP contribution is 2.36. The smallest absolute Gasteiger partial charge is 0.191 e. The van der Waals surface area contributed by atoms with Crippen LogP contribution in [0.5, 0.6) is 0 Å². The van der Waals surface area contributed by atoms with Crippen molar-refractivity contribution in [1.29, 1.82) is 0 Å². The topological polar surface area (TPSA) is 9.23 Å². The number of allylic oxidation sites excluding steroid dienone is 1. The Balaban J connectivity index is 3.76. The Hall–Kier alpha value is 0.207. The molecule has 0 aliphatic heterocycles. The molecule has 0 radical (unpaired) electrons. The Kier molecular flexibility index (Phi) is 6.81. The maximum absolute atomic E-state index is 6.03. The molecule has 90 valence electrons. The number of hydrogen-bond acceptors (Lipinski definition) is 1. The Morgan fingerprint density at radius 2 is 1.67 bits per heavy atom. The lowest BCUT2D eigenvalue weighted by atomic mass is 10.2. The maximum Gasteiger partial charge on any atom is 0.191 e. The highest BCUT2D eigenvalue weighted by molar-refractivity contribution is 6.74. The van der Waals surface area contributed by atoms with Gasteiger partial charge in [-0.15, -0.1) is 11.6 Å². The zero-order chi connectivity index (χ0) is 11.9. The molecule has 0 amide bonds. The van der Waals surface area contributed by atoms with Crippen molar-refractivity contribution in [1.82, 2.24) is 0 Å². The van der Waals surface area contributed by atoms with Crippen molar-refractivity contribution in [3.63, 3.8) is 0 Å². The van der Waals surface area contributed by atoms with E-state index in [9.17, 15) is 0 Å². The minimum atomic E-state index is -1.53. The fourth-order valence-corrected chi connectivity index (χ4v) is 2.08. The zero-order valence-corrected chi connectivity index (χ0v) is 12.5. The average molecular weight is 249 g/mol. The molecule has 0 spiro atoms. The van der Waals surface area contributed by atoms with Crippen LogP contribution in [-0.2, 0) is 4.43 Å². The average Bonchev–Trinajstić information content (AvgIpc) is 2.09. The predicted octanol–water partition coefficient (Wildman–Crippen LogP) is 4.58. The molecule has 0 bridgehead atoms. The number of halogens is 1. The van der Waals surface area contributed by atoms with Crippen molar-refractivity contribution in [3.8, 4) is 0 Å². The van der Waals surface area contributed by atoms with Crippen LogP contribution in [0.3, 0.4) is 0 Å². The standard InChI is InChI=1S/C12H25ClOSi/c1-12(2,3)15(4,5)14-11-9-7-6-8-10-13/h6-7H,8-11H2,1-5H3. The molecule has 1 nitrogen and oxygen atoms in total. The lowest BCUT2D eigenvalue weighted by Gasteiger charge is -2.36. The highest BCUT2D eigenvalue weighted by Gasteiger charge is 2.36. The summed E-state index contributed by atoms with van der Waals surface area (Å²) in [7, 11) is -1.53.